The fourth-order valence-corrected chi connectivity index (χ4v) is 2.36. The smallest absolute Gasteiger partial charge is 0.119 e. The van der Waals surface area contributed by atoms with Crippen LogP contribution in [0.4, 0.5) is 0 Å². The van der Waals surface area contributed by atoms with Crippen molar-refractivity contribution in [2.45, 2.75) is 53.2 Å². The average molecular weight is 311 g/mol. The third-order valence-electron chi connectivity index (χ3n) is 4.31. The van der Waals surface area contributed by atoms with Crippen LogP contribution in [0.15, 0.2) is 48.5 Å². The summed E-state index contributed by atoms with van der Waals surface area (Å²) in [4.78, 5) is 0. The molecule has 0 aliphatic rings. The highest BCUT2D eigenvalue weighted by Crippen LogP contribution is 2.22. The second-order valence-corrected chi connectivity index (χ2v) is 7.43. The van der Waals surface area contributed by atoms with Gasteiger partial charge in [0.2, 0.25) is 0 Å². The molecule has 2 aromatic carbocycles. The van der Waals surface area contributed by atoms with Gasteiger partial charge in [-0.05, 0) is 48.4 Å². The number of aryl methyl sites for hydroxylation is 2. The third-order valence-corrected chi connectivity index (χ3v) is 4.31. The Hall–Kier alpha value is -1.80. The van der Waals surface area contributed by atoms with Crippen molar-refractivity contribution in [2.75, 3.05) is 0 Å². The van der Waals surface area contributed by atoms with Crippen LogP contribution in [0.5, 0.6) is 5.75 Å². The largest absolute Gasteiger partial charge is 0.489 e. The highest BCUT2D eigenvalue weighted by atomic mass is 16.5. The van der Waals surface area contributed by atoms with Crippen LogP contribution >= 0.6 is 0 Å². The van der Waals surface area contributed by atoms with E-state index >= 15 is 0 Å². The van der Waals surface area contributed by atoms with Crippen LogP contribution < -0.4 is 10.5 Å². The zero-order valence-electron chi connectivity index (χ0n) is 14.8. The van der Waals surface area contributed by atoms with Crippen molar-refractivity contribution in [3.63, 3.8) is 0 Å². The lowest BCUT2D eigenvalue weighted by Gasteiger charge is -2.27. The van der Waals surface area contributed by atoms with Crippen LogP contribution in [0, 0.1) is 12.3 Å². The van der Waals surface area contributed by atoms with Crippen molar-refractivity contribution in [2.24, 2.45) is 11.1 Å². The quantitative estimate of drug-likeness (QED) is 0.825. The molecule has 2 rings (SSSR count). The van der Waals surface area contributed by atoms with E-state index in [9.17, 15) is 0 Å². The monoisotopic (exact) mass is 311 g/mol. The summed E-state index contributed by atoms with van der Waals surface area (Å²) in [5, 5.41) is 0. The number of hydrogen-bond acceptors (Lipinski definition) is 2. The first-order valence-electron chi connectivity index (χ1n) is 8.37. The van der Waals surface area contributed by atoms with Crippen LogP contribution in [0.25, 0.3) is 0 Å². The SMILES string of the molecule is Cc1ccc(COc2ccc(CCC(N)C(C)(C)C)cc2)cc1. The Kier molecular flexibility index (Phi) is 5.84. The molecular weight excluding hydrogens is 282 g/mol. The summed E-state index contributed by atoms with van der Waals surface area (Å²) >= 11 is 0. The van der Waals surface area contributed by atoms with Crippen molar-refractivity contribution in [1.29, 1.82) is 0 Å². The van der Waals surface area contributed by atoms with Crippen LogP contribution in [0.2, 0.25) is 0 Å². The predicted octanol–water partition coefficient (Wildman–Crippen LogP) is 4.88. The van der Waals surface area contributed by atoms with E-state index in [0.29, 0.717) is 6.61 Å². The molecule has 124 valence electrons. The highest BCUT2D eigenvalue weighted by molar-refractivity contribution is 5.28. The number of ether oxygens (including phenoxy) is 1. The van der Waals surface area contributed by atoms with Gasteiger partial charge in [-0.1, -0.05) is 62.7 Å². The zero-order chi connectivity index (χ0) is 16.9. The van der Waals surface area contributed by atoms with E-state index in [1.54, 1.807) is 0 Å². The number of rotatable bonds is 6. The summed E-state index contributed by atoms with van der Waals surface area (Å²) in [6.45, 7) is 9.28. The Labute approximate surface area is 140 Å². The summed E-state index contributed by atoms with van der Waals surface area (Å²) in [7, 11) is 0. The molecular formula is C21H29NO. The summed E-state index contributed by atoms with van der Waals surface area (Å²) in [5.74, 6) is 0.912. The van der Waals surface area contributed by atoms with Gasteiger partial charge in [-0.15, -0.1) is 0 Å². The predicted molar refractivity (Wildman–Crippen MR) is 97.7 cm³/mol. The first kappa shape index (κ1) is 17.6. The lowest BCUT2D eigenvalue weighted by Crippen LogP contribution is -2.35. The molecule has 0 fully saturated rings. The number of benzene rings is 2. The molecule has 0 saturated heterocycles. The average Bonchev–Trinajstić information content (AvgIpc) is 2.52. The Morgan fingerprint density at radius 2 is 1.48 bits per heavy atom. The van der Waals surface area contributed by atoms with Gasteiger partial charge in [0.15, 0.2) is 0 Å². The molecule has 0 radical (unpaired) electrons. The van der Waals surface area contributed by atoms with Gasteiger partial charge in [-0.25, -0.2) is 0 Å². The Morgan fingerprint density at radius 1 is 0.913 bits per heavy atom. The molecule has 0 aliphatic heterocycles. The van der Waals surface area contributed by atoms with Crippen LogP contribution in [0.3, 0.4) is 0 Å². The first-order chi connectivity index (χ1) is 10.8. The topological polar surface area (TPSA) is 35.2 Å². The van der Waals surface area contributed by atoms with Gasteiger partial charge in [0, 0.05) is 6.04 Å². The van der Waals surface area contributed by atoms with E-state index in [2.05, 4.69) is 64.1 Å². The summed E-state index contributed by atoms with van der Waals surface area (Å²) in [6, 6.07) is 17.0. The molecule has 2 N–H and O–H groups in total. The van der Waals surface area contributed by atoms with E-state index in [1.807, 2.05) is 12.1 Å². The number of hydrogen-bond donors (Lipinski definition) is 1. The molecule has 0 aliphatic carbocycles. The van der Waals surface area contributed by atoms with Gasteiger partial charge in [0.25, 0.3) is 0 Å². The minimum absolute atomic E-state index is 0.164. The van der Waals surface area contributed by atoms with Gasteiger partial charge >= 0.3 is 0 Å². The Bertz CT molecular complexity index is 593. The van der Waals surface area contributed by atoms with Gasteiger partial charge < -0.3 is 10.5 Å². The Morgan fingerprint density at radius 3 is 2.04 bits per heavy atom. The molecule has 1 atom stereocenters. The summed E-state index contributed by atoms with van der Waals surface area (Å²) in [6.07, 6.45) is 2.02. The van der Waals surface area contributed by atoms with E-state index in [1.165, 1.54) is 16.7 Å². The Balaban J connectivity index is 1.83. The molecule has 0 bridgehead atoms. The fourth-order valence-electron chi connectivity index (χ4n) is 2.36. The second-order valence-electron chi connectivity index (χ2n) is 7.43. The summed E-state index contributed by atoms with van der Waals surface area (Å²) in [5.41, 5.74) is 10.2. The maximum absolute atomic E-state index is 6.23. The molecule has 0 heterocycles. The normalized spacial score (nSPS) is 12.9. The molecule has 0 amide bonds. The van der Waals surface area contributed by atoms with Crippen molar-refractivity contribution < 1.29 is 4.74 Å². The standard InChI is InChI=1S/C21H29NO/c1-16-5-7-18(8-6-16)15-23-19-12-9-17(10-13-19)11-14-20(22)21(2,3)4/h5-10,12-13,20H,11,14-15,22H2,1-4H3. The van der Waals surface area contributed by atoms with Crippen molar-refractivity contribution in [3.8, 4) is 5.75 Å². The van der Waals surface area contributed by atoms with Crippen LogP contribution in [-0.2, 0) is 13.0 Å². The molecule has 0 saturated carbocycles. The molecule has 1 unspecified atom stereocenters. The van der Waals surface area contributed by atoms with Gasteiger partial charge in [0.1, 0.15) is 12.4 Å². The van der Waals surface area contributed by atoms with Crippen molar-refractivity contribution >= 4 is 0 Å². The van der Waals surface area contributed by atoms with E-state index in [4.69, 9.17) is 10.5 Å². The summed E-state index contributed by atoms with van der Waals surface area (Å²) < 4.78 is 5.84. The molecule has 2 nitrogen and oxygen atoms in total. The minimum Gasteiger partial charge on any atom is -0.489 e. The molecule has 2 heteroatoms. The van der Waals surface area contributed by atoms with E-state index < -0.39 is 0 Å². The molecule has 0 aromatic heterocycles. The molecule has 2 aromatic rings. The minimum atomic E-state index is 0.164. The second kappa shape index (κ2) is 7.65. The van der Waals surface area contributed by atoms with E-state index in [-0.39, 0.29) is 11.5 Å². The van der Waals surface area contributed by atoms with E-state index in [0.717, 1.165) is 18.6 Å². The third kappa shape index (κ3) is 5.72. The van der Waals surface area contributed by atoms with Crippen molar-refractivity contribution in [3.05, 3.63) is 65.2 Å². The van der Waals surface area contributed by atoms with Crippen LogP contribution in [0.1, 0.15) is 43.9 Å². The first-order valence-corrected chi connectivity index (χ1v) is 8.37. The van der Waals surface area contributed by atoms with Gasteiger partial charge in [0.05, 0.1) is 0 Å². The fraction of sp³-hybridized carbons (Fsp3) is 0.429. The lowest BCUT2D eigenvalue weighted by molar-refractivity contribution is 0.304. The van der Waals surface area contributed by atoms with Gasteiger partial charge in [-0.3, -0.25) is 0 Å². The maximum atomic E-state index is 6.23. The zero-order valence-corrected chi connectivity index (χ0v) is 14.8. The lowest BCUT2D eigenvalue weighted by atomic mass is 9.84. The highest BCUT2D eigenvalue weighted by Gasteiger charge is 2.19. The molecule has 0 spiro atoms. The van der Waals surface area contributed by atoms with Crippen molar-refractivity contribution in [1.82, 2.24) is 0 Å². The van der Waals surface area contributed by atoms with Crippen LogP contribution in [-0.4, -0.2) is 6.04 Å². The number of nitrogens with two attached hydrogens (primary N) is 1. The maximum Gasteiger partial charge on any atom is 0.119 e. The molecule has 23 heavy (non-hydrogen) atoms. The van der Waals surface area contributed by atoms with Gasteiger partial charge in [-0.2, -0.15) is 0 Å².